The summed E-state index contributed by atoms with van der Waals surface area (Å²) < 4.78 is 0. The molecule has 0 aromatic heterocycles. The highest BCUT2D eigenvalue weighted by Gasteiger charge is 2.59. The minimum atomic E-state index is -0.101. The first-order valence-corrected chi connectivity index (χ1v) is 10.4. The molecule has 0 heterocycles. The van der Waals surface area contributed by atoms with E-state index in [1.165, 1.54) is 38.5 Å². The van der Waals surface area contributed by atoms with Crippen LogP contribution < -0.4 is 0 Å². The molecule has 2 N–H and O–H groups in total. The molecule has 2 nitrogen and oxygen atoms in total. The zero-order valence-corrected chi connectivity index (χ0v) is 15.8. The summed E-state index contributed by atoms with van der Waals surface area (Å²) in [5.74, 6) is 3.66. The SMILES string of the molecule is CC(CO)C1CCC2C3CC=C4CC(O)CCC4(C)C3CCC12C. The second kappa shape index (κ2) is 5.84. The average molecular weight is 333 g/mol. The van der Waals surface area contributed by atoms with E-state index in [4.69, 9.17) is 0 Å². The fourth-order valence-corrected chi connectivity index (χ4v) is 7.74. The van der Waals surface area contributed by atoms with Crippen molar-refractivity contribution in [3.63, 3.8) is 0 Å². The molecule has 8 unspecified atom stereocenters. The molecule has 2 heteroatoms. The van der Waals surface area contributed by atoms with Crippen LogP contribution in [0.15, 0.2) is 11.6 Å². The highest BCUT2D eigenvalue weighted by Crippen LogP contribution is 2.67. The van der Waals surface area contributed by atoms with Gasteiger partial charge in [-0.05, 0) is 91.8 Å². The van der Waals surface area contributed by atoms with E-state index in [1.54, 1.807) is 5.57 Å². The number of aliphatic hydroxyl groups is 2. The first kappa shape index (κ1) is 17.1. The van der Waals surface area contributed by atoms with E-state index in [9.17, 15) is 10.2 Å². The maximum atomic E-state index is 10.1. The lowest BCUT2D eigenvalue weighted by Crippen LogP contribution is -2.51. The molecule has 4 aliphatic rings. The van der Waals surface area contributed by atoms with Crippen molar-refractivity contribution in [1.82, 2.24) is 0 Å². The molecule has 4 rings (SSSR count). The Hall–Kier alpha value is -0.340. The molecular weight excluding hydrogens is 296 g/mol. The first-order chi connectivity index (χ1) is 11.4. The van der Waals surface area contributed by atoms with Crippen molar-refractivity contribution >= 4 is 0 Å². The summed E-state index contributed by atoms with van der Waals surface area (Å²) in [5.41, 5.74) is 2.37. The molecule has 8 atom stereocenters. The number of hydrogen-bond acceptors (Lipinski definition) is 2. The molecule has 3 fully saturated rings. The maximum absolute atomic E-state index is 10.1. The largest absolute Gasteiger partial charge is 0.396 e. The van der Waals surface area contributed by atoms with Crippen molar-refractivity contribution < 1.29 is 10.2 Å². The van der Waals surface area contributed by atoms with Crippen molar-refractivity contribution in [2.24, 2.45) is 40.4 Å². The van der Waals surface area contributed by atoms with Crippen LogP contribution in [-0.4, -0.2) is 22.9 Å². The third-order valence-electron chi connectivity index (χ3n) is 9.13. The lowest BCUT2D eigenvalue weighted by atomic mass is 9.47. The van der Waals surface area contributed by atoms with Gasteiger partial charge in [-0.2, -0.15) is 0 Å². The van der Waals surface area contributed by atoms with Gasteiger partial charge in [-0.25, -0.2) is 0 Å². The normalized spacial score (nSPS) is 52.0. The van der Waals surface area contributed by atoms with Crippen molar-refractivity contribution in [3.05, 3.63) is 11.6 Å². The van der Waals surface area contributed by atoms with Crippen molar-refractivity contribution in [1.29, 1.82) is 0 Å². The number of allylic oxidation sites excluding steroid dienone is 1. The average Bonchev–Trinajstić information content (AvgIpc) is 2.92. The zero-order chi connectivity index (χ0) is 17.1. The molecule has 0 aromatic rings. The molecule has 136 valence electrons. The molecule has 0 aromatic carbocycles. The first-order valence-electron chi connectivity index (χ1n) is 10.4. The number of fused-ring (bicyclic) bond motifs is 5. The summed E-state index contributed by atoms with van der Waals surface area (Å²) in [7, 11) is 0. The molecule has 0 amide bonds. The van der Waals surface area contributed by atoms with Gasteiger partial charge in [0.15, 0.2) is 0 Å². The summed E-state index contributed by atoms with van der Waals surface area (Å²) in [5, 5.41) is 19.8. The Balaban J connectivity index is 1.63. The van der Waals surface area contributed by atoms with Crippen molar-refractivity contribution in [3.8, 4) is 0 Å². The van der Waals surface area contributed by atoms with E-state index >= 15 is 0 Å². The van der Waals surface area contributed by atoms with Gasteiger partial charge in [-0.3, -0.25) is 0 Å². The van der Waals surface area contributed by atoms with Gasteiger partial charge >= 0.3 is 0 Å². The molecule has 0 bridgehead atoms. The molecule has 0 radical (unpaired) electrons. The smallest absolute Gasteiger partial charge is 0.0577 e. The van der Waals surface area contributed by atoms with Crippen LogP contribution in [0.1, 0.15) is 72.1 Å². The third kappa shape index (κ3) is 2.28. The second-order valence-electron chi connectivity index (χ2n) is 10.0. The van der Waals surface area contributed by atoms with E-state index in [0.29, 0.717) is 29.3 Å². The zero-order valence-electron chi connectivity index (χ0n) is 15.8. The maximum Gasteiger partial charge on any atom is 0.0577 e. The minimum absolute atomic E-state index is 0.101. The number of hydrogen-bond donors (Lipinski definition) is 2. The second-order valence-corrected chi connectivity index (χ2v) is 10.0. The topological polar surface area (TPSA) is 40.5 Å². The Bertz CT molecular complexity index is 526. The molecule has 0 spiro atoms. The van der Waals surface area contributed by atoms with E-state index < -0.39 is 0 Å². The fraction of sp³-hybridized carbons (Fsp3) is 0.909. The molecule has 24 heavy (non-hydrogen) atoms. The van der Waals surface area contributed by atoms with Gasteiger partial charge in [0, 0.05) is 6.61 Å². The molecule has 4 aliphatic carbocycles. The van der Waals surface area contributed by atoms with E-state index in [-0.39, 0.29) is 6.10 Å². The fourth-order valence-electron chi connectivity index (χ4n) is 7.74. The third-order valence-corrected chi connectivity index (χ3v) is 9.13. The Morgan fingerprint density at radius 3 is 2.67 bits per heavy atom. The predicted molar refractivity (Wildman–Crippen MR) is 97.4 cm³/mol. The Morgan fingerprint density at radius 1 is 1.12 bits per heavy atom. The predicted octanol–water partition coefficient (Wildman–Crippen LogP) is 4.55. The van der Waals surface area contributed by atoms with Crippen LogP contribution in [0.5, 0.6) is 0 Å². The van der Waals surface area contributed by atoms with Crippen LogP contribution in [0.25, 0.3) is 0 Å². The van der Waals surface area contributed by atoms with Crippen LogP contribution in [0.2, 0.25) is 0 Å². The number of rotatable bonds is 2. The van der Waals surface area contributed by atoms with Gasteiger partial charge in [-0.15, -0.1) is 0 Å². The Kier molecular flexibility index (Phi) is 4.16. The highest BCUT2D eigenvalue weighted by atomic mass is 16.3. The summed E-state index contributed by atoms with van der Waals surface area (Å²) in [6.45, 7) is 7.66. The summed E-state index contributed by atoms with van der Waals surface area (Å²) >= 11 is 0. The van der Waals surface area contributed by atoms with Gasteiger partial charge in [0.25, 0.3) is 0 Å². The van der Waals surface area contributed by atoms with Crippen LogP contribution in [0.4, 0.5) is 0 Å². The van der Waals surface area contributed by atoms with E-state index in [0.717, 1.165) is 30.6 Å². The van der Waals surface area contributed by atoms with Gasteiger partial charge in [0.1, 0.15) is 0 Å². The molecular formula is C22H36O2. The standard InChI is InChI=1S/C22H36O2/c1-14(13-23)18-6-7-19-17-5-4-15-12-16(24)8-10-21(15,2)20(17)9-11-22(18,19)3/h4,14,16-20,23-24H,5-13H2,1-3H3. The van der Waals surface area contributed by atoms with Crippen LogP contribution in [0, 0.1) is 40.4 Å². The summed E-state index contributed by atoms with van der Waals surface area (Å²) in [6, 6.07) is 0. The molecule has 3 saturated carbocycles. The van der Waals surface area contributed by atoms with Crippen LogP contribution in [0.3, 0.4) is 0 Å². The highest BCUT2D eigenvalue weighted by molar-refractivity contribution is 5.25. The lowest BCUT2D eigenvalue weighted by molar-refractivity contribution is -0.0598. The quantitative estimate of drug-likeness (QED) is 0.728. The van der Waals surface area contributed by atoms with E-state index in [1.807, 2.05) is 0 Å². The lowest BCUT2D eigenvalue weighted by Gasteiger charge is -2.58. The van der Waals surface area contributed by atoms with Gasteiger partial charge in [0.2, 0.25) is 0 Å². The summed E-state index contributed by atoms with van der Waals surface area (Å²) in [6.07, 6.45) is 12.1. The van der Waals surface area contributed by atoms with Crippen LogP contribution >= 0.6 is 0 Å². The van der Waals surface area contributed by atoms with E-state index in [2.05, 4.69) is 26.8 Å². The van der Waals surface area contributed by atoms with Gasteiger partial charge in [0.05, 0.1) is 6.10 Å². The number of aliphatic hydroxyl groups excluding tert-OH is 2. The monoisotopic (exact) mass is 332 g/mol. The molecule has 0 saturated heterocycles. The van der Waals surface area contributed by atoms with Crippen LogP contribution in [-0.2, 0) is 0 Å². The Labute approximate surface area is 147 Å². The molecule has 0 aliphatic heterocycles. The van der Waals surface area contributed by atoms with Gasteiger partial charge in [-0.1, -0.05) is 32.4 Å². The van der Waals surface area contributed by atoms with Crippen molar-refractivity contribution in [2.45, 2.75) is 78.2 Å². The Morgan fingerprint density at radius 2 is 1.92 bits per heavy atom. The van der Waals surface area contributed by atoms with Gasteiger partial charge < -0.3 is 10.2 Å². The minimum Gasteiger partial charge on any atom is -0.396 e. The summed E-state index contributed by atoms with van der Waals surface area (Å²) in [4.78, 5) is 0. The van der Waals surface area contributed by atoms with Crippen molar-refractivity contribution in [2.75, 3.05) is 6.61 Å².